The van der Waals surface area contributed by atoms with Gasteiger partial charge in [0.15, 0.2) is 0 Å². The summed E-state index contributed by atoms with van der Waals surface area (Å²) in [5, 5.41) is 0. The molecule has 4 amide bonds. The van der Waals surface area contributed by atoms with Crippen LogP contribution in [0.15, 0.2) is 109 Å². The SMILES string of the molecule is Cc1ccc(Oc2cccc(Oc3ccc(N4C(=O)c5cccc(-c6ccc7c(c6)C(=O)N(C)C7=O)c5C4=O)cc3)c2)cc1. The van der Waals surface area contributed by atoms with Crippen LogP contribution in [0.25, 0.3) is 11.1 Å². The zero-order valence-electron chi connectivity index (χ0n) is 23.7. The number of imide groups is 2. The average Bonchev–Trinajstić information content (AvgIpc) is 3.42. The lowest BCUT2D eigenvalue weighted by Gasteiger charge is -2.15. The molecule has 0 spiro atoms. The number of amides is 4. The number of carbonyl (C=O) groups excluding carboxylic acids is 4. The Bertz CT molecular complexity index is 2010. The largest absolute Gasteiger partial charge is 0.457 e. The second-order valence-corrected chi connectivity index (χ2v) is 10.6. The van der Waals surface area contributed by atoms with Gasteiger partial charge in [0.25, 0.3) is 23.6 Å². The van der Waals surface area contributed by atoms with E-state index in [2.05, 4.69) is 0 Å². The molecule has 0 saturated heterocycles. The molecule has 0 fully saturated rings. The van der Waals surface area contributed by atoms with E-state index in [0.29, 0.717) is 45.4 Å². The lowest BCUT2D eigenvalue weighted by Crippen LogP contribution is -2.29. The van der Waals surface area contributed by atoms with Crippen LogP contribution in [0, 0.1) is 6.92 Å². The highest BCUT2D eigenvalue weighted by Crippen LogP contribution is 2.38. The summed E-state index contributed by atoms with van der Waals surface area (Å²) < 4.78 is 12.0. The standard InChI is InChI=1S/C36H24N2O6/c1-21-9-14-24(15-10-21)43-26-5-3-6-27(20-26)44-25-16-12-23(13-17-25)38-35(41)30-8-4-7-28(32(30)36(38)42)22-11-18-29-31(19-22)34(40)37(2)33(29)39/h3-20H,1-2H3. The number of nitrogens with zero attached hydrogens (tertiary/aromatic N) is 2. The number of fused-ring (bicyclic) bond motifs is 2. The van der Waals surface area contributed by atoms with Crippen molar-refractivity contribution in [1.29, 1.82) is 0 Å². The molecule has 2 aliphatic heterocycles. The molecule has 0 unspecified atom stereocenters. The number of benzene rings is 5. The molecule has 0 saturated carbocycles. The topological polar surface area (TPSA) is 93.2 Å². The summed E-state index contributed by atoms with van der Waals surface area (Å²) in [4.78, 5) is 54.3. The molecule has 5 aromatic carbocycles. The molecule has 214 valence electrons. The van der Waals surface area contributed by atoms with Crippen LogP contribution in [0.4, 0.5) is 5.69 Å². The molecule has 2 aliphatic rings. The number of aryl methyl sites for hydroxylation is 1. The van der Waals surface area contributed by atoms with Crippen molar-refractivity contribution in [2.45, 2.75) is 6.92 Å². The highest BCUT2D eigenvalue weighted by molar-refractivity contribution is 6.36. The fraction of sp³-hybridized carbons (Fsp3) is 0.0556. The van der Waals surface area contributed by atoms with Crippen LogP contribution in [0.2, 0.25) is 0 Å². The maximum atomic E-state index is 13.7. The van der Waals surface area contributed by atoms with Crippen molar-refractivity contribution in [1.82, 2.24) is 4.90 Å². The number of hydrogen-bond donors (Lipinski definition) is 0. The summed E-state index contributed by atoms with van der Waals surface area (Å²) in [6.45, 7) is 2.01. The molecule has 8 heteroatoms. The maximum absolute atomic E-state index is 13.7. The summed E-state index contributed by atoms with van der Waals surface area (Å²) in [5.74, 6) is 0.710. The Morgan fingerprint density at radius 1 is 0.500 bits per heavy atom. The Labute approximate surface area is 252 Å². The van der Waals surface area contributed by atoms with Crippen LogP contribution in [0.1, 0.15) is 47.0 Å². The molecular formula is C36H24N2O6. The lowest BCUT2D eigenvalue weighted by molar-refractivity contribution is 0.0692. The van der Waals surface area contributed by atoms with Gasteiger partial charge < -0.3 is 9.47 Å². The van der Waals surface area contributed by atoms with E-state index in [4.69, 9.17) is 9.47 Å². The summed E-state index contributed by atoms with van der Waals surface area (Å²) in [6, 6.07) is 31.6. The van der Waals surface area contributed by atoms with Gasteiger partial charge in [-0.1, -0.05) is 42.0 Å². The minimum Gasteiger partial charge on any atom is -0.457 e. The van der Waals surface area contributed by atoms with Crippen molar-refractivity contribution in [2.75, 3.05) is 11.9 Å². The zero-order chi connectivity index (χ0) is 30.5. The highest BCUT2D eigenvalue weighted by Gasteiger charge is 2.39. The number of rotatable bonds is 6. The van der Waals surface area contributed by atoms with E-state index < -0.39 is 17.7 Å². The number of hydrogen-bond acceptors (Lipinski definition) is 6. The van der Waals surface area contributed by atoms with E-state index >= 15 is 0 Å². The smallest absolute Gasteiger partial charge is 0.266 e. The average molecular weight is 581 g/mol. The summed E-state index contributed by atoms with van der Waals surface area (Å²) in [6.07, 6.45) is 0. The lowest BCUT2D eigenvalue weighted by atomic mass is 9.94. The molecule has 0 radical (unpaired) electrons. The van der Waals surface area contributed by atoms with E-state index in [0.717, 1.165) is 15.4 Å². The second kappa shape index (κ2) is 10.4. The van der Waals surface area contributed by atoms with Gasteiger partial charge in [-0.05, 0) is 84.8 Å². The van der Waals surface area contributed by atoms with Gasteiger partial charge in [0, 0.05) is 13.1 Å². The van der Waals surface area contributed by atoms with Gasteiger partial charge in [-0.2, -0.15) is 0 Å². The van der Waals surface area contributed by atoms with Crippen molar-refractivity contribution in [2.24, 2.45) is 0 Å². The Kier molecular flexibility index (Phi) is 6.32. The van der Waals surface area contributed by atoms with Crippen molar-refractivity contribution in [3.8, 4) is 34.1 Å². The minimum absolute atomic E-state index is 0.244. The number of ether oxygens (including phenoxy) is 2. The second-order valence-electron chi connectivity index (χ2n) is 10.6. The van der Waals surface area contributed by atoms with Gasteiger partial charge in [-0.25, -0.2) is 4.90 Å². The molecule has 0 aromatic heterocycles. The molecule has 8 nitrogen and oxygen atoms in total. The molecule has 44 heavy (non-hydrogen) atoms. The Hall–Kier alpha value is -6.02. The van der Waals surface area contributed by atoms with E-state index in [-0.39, 0.29) is 22.6 Å². The van der Waals surface area contributed by atoms with Gasteiger partial charge in [0.05, 0.1) is 27.9 Å². The van der Waals surface area contributed by atoms with Gasteiger partial charge in [-0.3, -0.25) is 24.1 Å². The molecule has 5 aromatic rings. The summed E-state index contributed by atoms with van der Waals surface area (Å²) in [7, 11) is 1.43. The van der Waals surface area contributed by atoms with Crippen LogP contribution in [0.3, 0.4) is 0 Å². The quantitative estimate of drug-likeness (QED) is 0.196. The fourth-order valence-corrected chi connectivity index (χ4v) is 5.43. The molecule has 7 rings (SSSR count). The van der Waals surface area contributed by atoms with Crippen LogP contribution in [-0.2, 0) is 0 Å². The van der Waals surface area contributed by atoms with Crippen LogP contribution >= 0.6 is 0 Å². The predicted octanol–water partition coefficient (Wildman–Crippen LogP) is 7.27. The first-order valence-corrected chi connectivity index (χ1v) is 13.9. The Balaban J connectivity index is 1.12. The van der Waals surface area contributed by atoms with Gasteiger partial charge in [0.1, 0.15) is 23.0 Å². The molecule has 2 heterocycles. The van der Waals surface area contributed by atoms with Crippen LogP contribution in [-0.4, -0.2) is 35.6 Å². The maximum Gasteiger partial charge on any atom is 0.266 e. The van der Waals surface area contributed by atoms with Crippen molar-refractivity contribution in [3.05, 3.63) is 137 Å². The highest BCUT2D eigenvalue weighted by atomic mass is 16.5. The van der Waals surface area contributed by atoms with E-state index in [9.17, 15) is 19.2 Å². The first kappa shape index (κ1) is 26.9. The molecule has 0 aliphatic carbocycles. The van der Waals surface area contributed by atoms with E-state index in [1.54, 1.807) is 66.7 Å². The zero-order valence-corrected chi connectivity index (χ0v) is 23.7. The molecule has 0 bridgehead atoms. The van der Waals surface area contributed by atoms with Gasteiger partial charge in [0.2, 0.25) is 0 Å². The van der Waals surface area contributed by atoms with Crippen LogP contribution in [0.5, 0.6) is 23.0 Å². The molecule has 0 atom stereocenters. The monoisotopic (exact) mass is 580 g/mol. The van der Waals surface area contributed by atoms with Gasteiger partial charge in [-0.15, -0.1) is 0 Å². The third kappa shape index (κ3) is 4.49. The van der Waals surface area contributed by atoms with Crippen molar-refractivity contribution in [3.63, 3.8) is 0 Å². The third-order valence-electron chi connectivity index (χ3n) is 7.71. The summed E-state index contributed by atoms with van der Waals surface area (Å²) >= 11 is 0. The molecule has 0 N–H and O–H groups in total. The molecular weight excluding hydrogens is 556 g/mol. The predicted molar refractivity (Wildman–Crippen MR) is 164 cm³/mol. The third-order valence-corrected chi connectivity index (χ3v) is 7.71. The van der Waals surface area contributed by atoms with Crippen LogP contribution < -0.4 is 14.4 Å². The first-order valence-electron chi connectivity index (χ1n) is 13.9. The Morgan fingerprint density at radius 3 is 1.77 bits per heavy atom. The van der Waals surface area contributed by atoms with Crippen molar-refractivity contribution >= 4 is 29.3 Å². The number of anilines is 1. The fourth-order valence-electron chi connectivity index (χ4n) is 5.43. The van der Waals surface area contributed by atoms with E-state index in [1.807, 2.05) is 49.4 Å². The minimum atomic E-state index is -0.477. The van der Waals surface area contributed by atoms with Crippen molar-refractivity contribution < 1.29 is 28.7 Å². The normalized spacial score (nSPS) is 13.8. The van der Waals surface area contributed by atoms with Gasteiger partial charge >= 0.3 is 0 Å². The Morgan fingerprint density at radius 2 is 1.09 bits per heavy atom. The summed E-state index contributed by atoms with van der Waals surface area (Å²) in [5.41, 5.74) is 3.69. The number of carbonyl (C=O) groups is 4. The van der Waals surface area contributed by atoms with E-state index in [1.165, 1.54) is 7.05 Å². The first-order chi connectivity index (χ1) is 21.3.